The van der Waals surface area contributed by atoms with Crippen LogP contribution in [0.25, 0.3) is 0 Å². The zero-order chi connectivity index (χ0) is 12.1. The van der Waals surface area contributed by atoms with Gasteiger partial charge in [-0.05, 0) is 17.5 Å². The van der Waals surface area contributed by atoms with Gasteiger partial charge in [-0.25, -0.2) is 0 Å². The SMILES string of the molecule is Cn1nccc1NCCc1ccccc1CN. The zero-order valence-corrected chi connectivity index (χ0v) is 10.1. The largest absolute Gasteiger partial charge is 0.370 e. The summed E-state index contributed by atoms with van der Waals surface area (Å²) in [7, 11) is 1.93. The molecule has 4 nitrogen and oxygen atoms in total. The van der Waals surface area contributed by atoms with Crippen LogP contribution in [0.2, 0.25) is 0 Å². The van der Waals surface area contributed by atoms with Crippen LogP contribution in [0.1, 0.15) is 11.1 Å². The van der Waals surface area contributed by atoms with Crippen LogP contribution < -0.4 is 11.1 Å². The number of nitrogens with two attached hydrogens (primary N) is 1. The predicted molar refractivity (Wildman–Crippen MR) is 69.7 cm³/mol. The molecule has 0 amide bonds. The summed E-state index contributed by atoms with van der Waals surface area (Å²) in [5.74, 6) is 1.04. The van der Waals surface area contributed by atoms with Crippen LogP contribution in [0.3, 0.4) is 0 Å². The highest BCUT2D eigenvalue weighted by Gasteiger charge is 2.01. The second-order valence-electron chi connectivity index (χ2n) is 3.99. The fourth-order valence-electron chi connectivity index (χ4n) is 1.87. The van der Waals surface area contributed by atoms with Crippen LogP contribution in [-0.4, -0.2) is 16.3 Å². The second kappa shape index (κ2) is 5.50. The van der Waals surface area contributed by atoms with E-state index in [0.717, 1.165) is 18.8 Å². The van der Waals surface area contributed by atoms with Gasteiger partial charge < -0.3 is 11.1 Å². The van der Waals surface area contributed by atoms with Gasteiger partial charge in [-0.15, -0.1) is 0 Å². The molecular formula is C13H18N4. The van der Waals surface area contributed by atoms with E-state index < -0.39 is 0 Å². The maximum Gasteiger partial charge on any atom is 0.123 e. The van der Waals surface area contributed by atoms with Crippen molar-refractivity contribution in [2.45, 2.75) is 13.0 Å². The molecule has 0 saturated carbocycles. The molecule has 4 heteroatoms. The number of aromatic nitrogens is 2. The third-order valence-corrected chi connectivity index (χ3v) is 2.86. The van der Waals surface area contributed by atoms with E-state index in [2.05, 4.69) is 28.6 Å². The van der Waals surface area contributed by atoms with Gasteiger partial charge in [0.2, 0.25) is 0 Å². The number of aryl methyl sites for hydroxylation is 1. The number of hydrogen-bond acceptors (Lipinski definition) is 3. The molecule has 17 heavy (non-hydrogen) atoms. The van der Waals surface area contributed by atoms with Crippen molar-refractivity contribution in [3.05, 3.63) is 47.7 Å². The third-order valence-electron chi connectivity index (χ3n) is 2.86. The maximum atomic E-state index is 5.71. The van der Waals surface area contributed by atoms with Crippen LogP contribution in [-0.2, 0) is 20.0 Å². The highest BCUT2D eigenvalue weighted by atomic mass is 15.3. The molecule has 0 unspecified atom stereocenters. The van der Waals surface area contributed by atoms with Crippen LogP contribution >= 0.6 is 0 Å². The first-order valence-corrected chi connectivity index (χ1v) is 5.80. The van der Waals surface area contributed by atoms with Crippen molar-refractivity contribution >= 4 is 5.82 Å². The van der Waals surface area contributed by atoms with Crippen molar-refractivity contribution in [1.29, 1.82) is 0 Å². The van der Waals surface area contributed by atoms with Crippen molar-refractivity contribution in [3.63, 3.8) is 0 Å². The van der Waals surface area contributed by atoms with Crippen LogP contribution in [0.4, 0.5) is 5.82 Å². The highest BCUT2D eigenvalue weighted by Crippen LogP contribution is 2.09. The van der Waals surface area contributed by atoms with Crippen LogP contribution in [0.15, 0.2) is 36.5 Å². The molecule has 0 aliphatic carbocycles. The molecule has 3 N–H and O–H groups in total. The Morgan fingerprint density at radius 3 is 2.65 bits per heavy atom. The van der Waals surface area contributed by atoms with Crippen molar-refractivity contribution in [2.24, 2.45) is 12.8 Å². The Kier molecular flexibility index (Phi) is 3.77. The number of rotatable bonds is 5. The number of nitrogens with zero attached hydrogens (tertiary/aromatic N) is 2. The fraction of sp³-hybridized carbons (Fsp3) is 0.308. The monoisotopic (exact) mass is 230 g/mol. The van der Waals surface area contributed by atoms with E-state index in [9.17, 15) is 0 Å². The first-order chi connectivity index (χ1) is 8.31. The third kappa shape index (κ3) is 2.85. The second-order valence-corrected chi connectivity index (χ2v) is 3.99. The van der Waals surface area contributed by atoms with Crippen molar-refractivity contribution in [2.75, 3.05) is 11.9 Å². The van der Waals surface area contributed by atoms with Gasteiger partial charge in [-0.1, -0.05) is 24.3 Å². The van der Waals surface area contributed by atoms with Gasteiger partial charge >= 0.3 is 0 Å². The quantitative estimate of drug-likeness (QED) is 0.819. The van der Waals surface area contributed by atoms with Gasteiger partial charge in [-0.3, -0.25) is 4.68 Å². The lowest BCUT2D eigenvalue weighted by Crippen LogP contribution is -2.10. The molecule has 0 saturated heterocycles. The normalized spacial score (nSPS) is 10.5. The van der Waals surface area contributed by atoms with Crippen molar-refractivity contribution < 1.29 is 0 Å². The topological polar surface area (TPSA) is 55.9 Å². The molecular weight excluding hydrogens is 212 g/mol. The lowest BCUT2D eigenvalue weighted by atomic mass is 10.0. The molecule has 0 atom stereocenters. The summed E-state index contributed by atoms with van der Waals surface area (Å²) in [6, 6.07) is 10.3. The summed E-state index contributed by atoms with van der Waals surface area (Å²) >= 11 is 0. The average molecular weight is 230 g/mol. The van der Waals surface area contributed by atoms with Crippen LogP contribution in [0.5, 0.6) is 0 Å². The molecule has 2 rings (SSSR count). The van der Waals surface area contributed by atoms with E-state index in [1.54, 1.807) is 6.20 Å². The molecule has 2 aromatic rings. The van der Waals surface area contributed by atoms with Gasteiger partial charge in [0, 0.05) is 26.2 Å². The number of hydrogen-bond donors (Lipinski definition) is 2. The molecule has 1 aromatic heterocycles. The number of nitrogens with one attached hydrogen (secondary N) is 1. The Morgan fingerprint density at radius 1 is 1.24 bits per heavy atom. The van der Waals surface area contributed by atoms with E-state index >= 15 is 0 Å². The van der Waals surface area contributed by atoms with Gasteiger partial charge in [0.25, 0.3) is 0 Å². The average Bonchev–Trinajstić information content (AvgIpc) is 2.76. The molecule has 0 aliphatic rings. The molecule has 90 valence electrons. The minimum absolute atomic E-state index is 0.599. The summed E-state index contributed by atoms with van der Waals surface area (Å²) < 4.78 is 1.83. The standard InChI is InChI=1S/C13H18N4/c1-17-13(7-9-16-17)15-8-6-11-4-2-3-5-12(11)10-14/h2-5,7,9,15H,6,8,10,14H2,1H3. The molecule has 1 heterocycles. The van der Waals surface area contributed by atoms with E-state index in [1.165, 1.54) is 11.1 Å². The van der Waals surface area contributed by atoms with Gasteiger partial charge in [0.05, 0.1) is 6.20 Å². The molecule has 0 spiro atoms. The van der Waals surface area contributed by atoms with E-state index in [1.807, 2.05) is 23.9 Å². The van der Waals surface area contributed by atoms with Crippen molar-refractivity contribution in [1.82, 2.24) is 9.78 Å². The highest BCUT2D eigenvalue weighted by molar-refractivity contribution is 5.34. The lowest BCUT2D eigenvalue weighted by molar-refractivity contribution is 0.767. The van der Waals surface area contributed by atoms with Gasteiger partial charge in [0.1, 0.15) is 5.82 Å². The van der Waals surface area contributed by atoms with Crippen LogP contribution in [0, 0.1) is 0 Å². The summed E-state index contributed by atoms with van der Waals surface area (Å²) in [5.41, 5.74) is 8.24. The summed E-state index contributed by atoms with van der Waals surface area (Å²) in [6.07, 6.45) is 2.76. The molecule has 0 bridgehead atoms. The zero-order valence-electron chi connectivity index (χ0n) is 10.1. The van der Waals surface area contributed by atoms with E-state index in [0.29, 0.717) is 6.54 Å². The smallest absolute Gasteiger partial charge is 0.123 e. The van der Waals surface area contributed by atoms with Crippen molar-refractivity contribution in [3.8, 4) is 0 Å². The number of benzene rings is 1. The first-order valence-electron chi connectivity index (χ1n) is 5.80. The minimum Gasteiger partial charge on any atom is -0.370 e. The lowest BCUT2D eigenvalue weighted by Gasteiger charge is -2.09. The summed E-state index contributed by atoms with van der Waals surface area (Å²) in [4.78, 5) is 0. The predicted octanol–water partition coefficient (Wildman–Crippen LogP) is 1.53. The molecule has 0 radical (unpaired) electrons. The molecule has 1 aromatic carbocycles. The Hall–Kier alpha value is -1.81. The minimum atomic E-state index is 0.599. The van der Waals surface area contributed by atoms with E-state index in [4.69, 9.17) is 5.73 Å². The van der Waals surface area contributed by atoms with E-state index in [-0.39, 0.29) is 0 Å². The fourth-order valence-corrected chi connectivity index (χ4v) is 1.87. The summed E-state index contributed by atoms with van der Waals surface area (Å²) in [6.45, 7) is 1.48. The Balaban J connectivity index is 1.92. The maximum absolute atomic E-state index is 5.71. The number of anilines is 1. The van der Waals surface area contributed by atoms with Gasteiger partial charge in [0.15, 0.2) is 0 Å². The Morgan fingerprint density at radius 2 is 2.00 bits per heavy atom. The Bertz CT molecular complexity index is 476. The molecule has 0 fully saturated rings. The summed E-state index contributed by atoms with van der Waals surface area (Å²) in [5, 5.41) is 7.46. The van der Waals surface area contributed by atoms with Gasteiger partial charge in [-0.2, -0.15) is 5.10 Å². The Labute approximate surface area is 101 Å². The molecule has 0 aliphatic heterocycles. The first kappa shape index (κ1) is 11.7.